The summed E-state index contributed by atoms with van der Waals surface area (Å²) in [6.07, 6.45) is 1.44. The van der Waals surface area contributed by atoms with E-state index in [1.165, 1.54) is 36.4 Å². The fourth-order valence-corrected chi connectivity index (χ4v) is 5.03. The fourth-order valence-electron chi connectivity index (χ4n) is 2.99. The van der Waals surface area contributed by atoms with E-state index in [0.717, 1.165) is 22.2 Å². The number of halogens is 2. The number of nitrogens with zero attached hydrogens (tertiary/aromatic N) is 1. The van der Waals surface area contributed by atoms with Gasteiger partial charge in [0.25, 0.3) is 11.1 Å². The second-order valence-electron chi connectivity index (χ2n) is 6.92. The highest BCUT2D eigenvalue weighted by atomic mass is 35.5. The topological polar surface area (TPSA) is 80.8 Å². The highest BCUT2D eigenvalue weighted by Gasteiger charge is 2.35. The van der Waals surface area contributed by atoms with Crippen molar-refractivity contribution < 1.29 is 22.2 Å². The number of hydrogen-bond donors (Lipinski definition) is 0. The van der Waals surface area contributed by atoms with Crippen LogP contribution in [0.4, 0.5) is 4.79 Å². The third kappa shape index (κ3) is 5.42. The molecule has 0 unspecified atom stereocenters. The first-order valence-corrected chi connectivity index (χ1v) is 12.5. The van der Waals surface area contributed by atoms with Crippen LogP contribution in [0.1, 0.15) is 11.1 Å². The summed E-state index contributed by atoms with van der Waals surface area (Å²) in [5.74, 6) is -0.452. The molecule has 0 aromatic heterocycles. The van der Waals surface area contributed by atoms with E-state index >= 15 is 0 Å². The smallest absolute Gasteiger partial charge is 0.339 e. The Labute approximate surface area is 204 Å². The number of imide groups is 1. The van der Waals surface area contributed by atoms with Crippen molar-refractivity contribution in [1.29, 1.82) is 0 Å². The van der Waals surface area contributed by atoms with Crippen LogP contribution in [0.2, 0.25) is 10.0 Å². The Balaban J connectivity index is 1.58. The summed E-state index contributed by atoms with van der Waals surface area (Å²) >= 11 is 12.5. The number of benzene rings is 3. The Morgan fingerprint density at radius 3 is 2.15 bits per heavy atom. The zero-order chi connectivity index (χ0) is 23.6. The van der Waals surface area contributed by atoms with Crippen molar-refractivity contribution in [3.05, 3.63) is 98.9 Å². The molecule has 2 amide bonds. The molecule has 3 aromatic rings. The van der Waals surface area contributed by atoms with Gasteiger partial charge >= 0.3 is 10.1 Å². The molecule has 1 fully saturated rings. The second kappa shape index (κ2) is 9.61. The van der Waals surface area contributed by atoms with Gasteiger partial charge in [-0.05, 0) is 65.9 Å². The van der Waals surface area contributed by atoms with Gasteiger partial charge in [0.15, 0.2) is 0 Å². The first kappa shape index (κ1) is 23.4. The number of amides is 2. The molecule has 0 radical (unpaired) electrons. The van der Waals surface area contributed by atoms with Crippen LogP contribution >= 0.6 is 35.0 Å². The molecule has 1 aliphatic rings. The molecule has 0 atom stereocenters. The van der Waals surface area contributed by atoms with Crippen LogP contribution < -0.4 is 4.18 Å². The molecule has 6 nitrogen and oxygen atoms in total. The highest BCUT2D eigenvalue weighted by Crippen LogP contribution is 2.35. The summed E-state index contributed by atoms with van der Waals surface area (Å²) < 4.78 is 30.7. The number of carbonyl (C=O) groups excluding carboxylic acids is 2. The van der Waals surface area contributed by atoms with E-state index in [0.29, 0.717) is 15.6 Å². The molecule has 4 rings (SSSR count). The van der Waals surface area contributed by atoms with Crippen LogP contribution in [0.15, 0.2) is 82.6 Å². The largest absolute Gasteiger partial charge is 0.378 e. The normalized spacial score (nSPS) is 15.3. The maximum Gasteiger partial charge on any atom is 0.339 e. The van der Waals surface area contributed by atoms with Crippen LogP contribution in [0.25, 0.3) is 6.08 Å². The monoisotopic (exact) mass is 519 g/mol. The SMILES string of the molecule is O=C1S/C(=C\c2ccccc2OS(=O)(=O)c2ccc(Cl)cc2)C(=O)N1Cc1ccc(Cl)cc1. The van der Waals surface area contributed by atoms with Crippen molar-refractivity contribution in [2.24, 2.45) is 0 Å². The van der Waals surface area contributed by atoms with E-state index in [1.807, 2.05) is 0 Å². The summed E-state index contributed by atoms with van der Waals surface area (Å²) in [6.45, 7) is 0.0995. The van der Waals surface area contributed by atoms with Crippen LogP contribution in [0.5, 0.6) is 5.75 Å². The Kier molecular flexibility index (Phi) is 6.81. The van der Waals surface area contributed by atoms with Gasteiger partial charge in [-0.3, -0.25) is 14.5 Å². The molecule has 3 aromatic carbocycles. The molecule has 0 spiro atoms. The third-order valence-electron chi connectivity index (χ3n) is 4.63. The molecule has 1 heterocycles. The van der Waals surface area contributed by atoms with Crippen molar-refractivity contribution in [2.75, 3.05) is 0 Å². The molecule has 1 saturated heterocycles. The maximum atomic E-state index is 12.9. The van der Waals surface area contributed by atoms with Crippen molar-refractivity contribution in [3.63, 3.8) is 0 Å². The molecule has 0 aliphatic carbocycles. The minimum Gasteiger partial charge on any atom is -0.378 e. The van der Waals surface area contributed by atoms with E-state index in [2.05, 4.69) is 0 Å². The zero-order valence-electron chi connectivity index (χ0n) is 16.8. The molecule has 0 saturated carbocycles. The average Bonchev–Trinajstić information content (AvgIpc) is 3.04. The molecular formula is C23H15Cl2NO5S2. The molecular weight excluding hydrogens is 505 g/mol. The van der Waals surface area contributed by atoms with E-state index in [1.54, 1.807) is 42.5 Å². The van der Waals surface area contributed by atoms with Crippen LogP contribution in [-0.2, 0) is 21.5 Å². The summed E-state index contributed by atoms with van der Waals surface area (Å²) in [5, 5.41) is 0.523. The summed E-state index contributed by atoms with van der Waals surface area (Å²) in [4.78, 5) is 26.5. The molecule has 0 N–H and O–H groups in total. The molecule has 10 heteroatoms. The number of thioether (sulfide) groups is 1. The van der Waals surface area contributed by atoms with Crippen LogP contribution in [0, 0.1) is 0 Å². The number of rotatable bonds is 6. The maximum absolute atomic E-state index is 12.9. The summed E-state index contributed by atoms with van der Waals surface area (Å²) in [6, 6.07) is 18.7. The summed E-state index contributed by atoms with van der Waals surface area (Å²) in [5.41, 5.74) is 1.09. The van der Waals surface area contributed by atoms with Crippen molar-refractivity contribution in [1.82, 2.24) is 4.90 Å². The lowest BCUT2D eigenvalue weighted by atomic mass is 10.2. The minimum atomic E-state index is -4.13. The van der Waals surface area contributed by atoms with Crippen molar-refractivity contribution in [3.8, 4) is 5.75 Å². The molecule has 33 heavy (non-hydrogen) atoms. The highest BCUT2D eigenvalue weighted by molar-refractivity contribution is 8.18. The van der Waals surface area contributed by atoms with Gasteiger partial charge in [0.2, 0.25) is 0 Å². The predicted octanol–water partition coefficient (Wildman–Crippen LogP) is 6.00. The lowest BCUT2D eigenvalue weighted by Gasteiger charge is -2.12. The van der Waals surface area contributed by atoms with Crippen LogP contribution in [0.3, 0.4) is 0 Å². The fraction of sp³-hybridized carbons (Fsp3) is 0.0435. The van der Waals surface area contributed by atoms with Gasteiger partial charge in [0.1, 0.15) is 10.6 Å². The van der Waals surface area contributed by atoms with Crippen molar-refractivity contribution >= 4 is 62.3 Å². The molecule has 168 valence electrons. The molecule has 1 aliphatic heterocycles. The zero-order valence-corrected chi connectivity index (χ0v) is 19.9. The third-order valence-corrected chi connectivity index (χ3v) is 7.29. The van der Waals surface area contributed by atoms with E-state index in [9.17, 15) is 18.0 Å². The van der Waals surface area contributed by atoms with Gasteiger partial charge in [-0.15, -0.1) is 0 Å². The lowest BCUT2D eigenvalue weighted by molar-refractivity contribution is -0.123. The van der Waals surface area contributed by atoms with Gasteiger partial charge < -0.3 is 4.18 Å². The van der Waals surface area contributed by atoms with E-state index < -0.39 is 21.3 Å². The summed E-state index contributed by atoms with van der Waals surface area (Å²) in [7, 11) is -4.13. The Bertz CT molecular complexity index is 1350. The first-order chi connectivity index (χ1) is 15.7. The number of para-hydroxylation sites is 1. The average molecular weight is 520 g/mol. The van der Waals surface area contributed by atoms with E-state index in [4.69, 9.17) is 27.4 Å². The lowest BCUT2D eigenvalue weighted by Crippen LogP contribution is -2.27. The molecule has 0 bridgehead atoms. The van der Waals surface area contributed by atoms with Gasteiger partial charge in [0.05, 0.1) is 11.4 Å². The minimum absolute atomic E-state index is 0.0250. The van der Waals surface area contributed by atoms with Gasteiger partial charge in [-0.2, -0.15) is 8.42 Å². The first-order valence-electron chi connectivity index (χ1n) is 9.52. The Hall–Kier alpha value is -2.78. The predicted molar refractivity (Wildman–Crippen MR) is 129 cm³/mol. The Morgan fingerprint density at radius 1 is 0.879 bits per heavy atom. The Morgan fingerprint density at radius 2 is 1.48 bits per heavy atom. The second-order valence-corrected chi connectivity index (χ2v) is 10.3. The quantitative estimate of drug-likeness (QED) is 0.293. The van der Waals surface area contributed by atoms with Crippen molar-refractivity contribution in [2.45, 2.75) is 11.4 Å². The van der Waals surface area contributed by atoms with Crippen LogP contribution in [-0.4, -0.2) is 24.5 Å². The number of hydrogen-bond acceptors (Lipinski definition) is 6. The standard InChI is InChI=1S/C23H15Cl2NO5S2/c24-17-7-5-15(6-8-17)14-26-22(27)21(32-23(26)28)13-16-3-1-2-4-20(16)31-33(29,30)19-11-9-18(25)10-12-19/h1-13H,14H2/b21-13-. The number of carbonyl (C=O) groups is 2. The van der Waals surface area contributed by atoms with Gasteiger partial charge in [-0.25, -0.2) is 0 Å². The van der Waals surface area contributed by atoms with E-state index in [-0.39, 0.29) is 22.1 Å². The van der Waals surface area contributed by atoms with Gasteiger partial charge in [-0.1, -0.05) is 53.5 Å². The van der Waals surface area contributed by atoms with Gasteiger partial charge in [0, 0.05) is 15.6 Å².